The molecule has 0 aliphatic carbocycles. The first-order valence-electron chi connectivity index (χ1n) is 8.18. The van der Waals surface area contributed by atoms with Crippen LogP contribution in [-0.4, -0.2) is 36.3 Å². The van der Waals surface area contributed by atoms with Crippen LogP contribution in [0.2, 0.25) is 0 Å². The van der Waals surface area contributed by atoms with Crippen molar-refractivity contribution < 1.29 is 14.6 Å². The van der Waals surface area contributed by atoms with E-state index in [-0.39, 0.29) is 19.1 Å². The second-order valence-electron chi connectivity index (χ2n) is 5.92. The van der Waals surface area contributed by atoms with E-state index in [4.69, 9.17) is 4.74 Å². The van der Waals surface area contributed by atoms with Gasteiger partial charge >= 0.3 is 0 Å². The Hall–Kier alpha value is -2.54. The number of nitrogens with one attached hydrogen (secondary N) is 1. The maximum Gasteiger partial charge on any atom is 0.270 e. The first kappa shape index (κ1) is 18.3. The number of benzene rings is 2. The molecule has 6 heteroatoms. The normalized spacial score (nSPS) is 13.2. The van der Waals surface area contributed by atoms with E-state index in [2.05, 4.69) is 10.3 Å². The molecule has 5 nitrogen and oxygen atoms in total. The minimum atomic E-state index is -1.30. The van der Waals surface area contributed by atoms with Gasteiger partial charge in [-0.3, -0.25) is 4.79 Å². The summed E-state index contributed by atoms with van der Waals surface area (Å²) >= 11 is 1.41. The summed E-state index contributed by atoms with van der Waals surface area (Å²) in [6, 6.07) is 18.9. The summed E-state index contributed by atoms with van der Waals surface area (Å²) in [7, 11) is 1.52. The van der Waals surface area contributed by atoms with Crippen molar-refractivity contribution in [2.24, 2.45) is 0 Å². The fourth-order valence-corrected chi connectivity index (χ4v) is 3.44. The monoisotopic (exact) mass is 368 g/mol. The lowest BCUT2D eigenvalue weighted by molar-refractivity contribution is -0.0335. The lowest BCUT2D eigenvalue weighted by Crippen LogP contribution is -2.44. The van der Waals surface area contributed by atoms with E-state index in [1.807, 2.05) is 60.7 Å². The molecule has 0 saturated carbocycles. The maximum absolute atomic E-state index is 12.5. The molecule has 0 spiro atoms. The highest BCUT2D eigenvalue weighted by molar-refractivity contribution is 7.13. The molecule has 0 saturated heterocycles. The molecule has 0 unspecified atom stereocenters. The molecule has 0 aliphatic rings. The van der Waals surface area contributed by atoms with Gasteiger partial charge in [0, 0.05) is 18.1 Å². The highest BCUT2D eigenvalue weighted by Crippen LogP contribution is 2.24. The van der Waals surface area contributed by atoms with Crippen LogP contribution >= 0.6 is 11.3 Å². The summed E-state index contributed by atoms with van der Waals surface area (Å²) in [5.41, 5.74) is 0.688. The van der Waals surface area contributed by atoms with Gasteiger partial charge in [-0.05, 0) is 5.56 Å². The van der Waals surface area contributed by atoms with Crippen molar-refractivity contribution in [1.82, 2.24) is 10.3 Å². The first-order valence-corrected chi connectivity index (χ1v) is 9.06. The molecule has 134 valence electrons. The topological polar surface area (TPSA) is 71.5 Å². The van der Waals surface area contributed by atoms with Crippen molar-refractivity contribution in [3.63, 3.8) is 0 Å². The maximum atomic E-state index is 12.5. The number of aliphatic hydroxyl groups is 1. The lowest BCUT2D eigenvalue weighted by atomic mass is 9.94. The van der Waals surface area contributed by atoms with Gasteiger partial charge in [0.25, 0.3) is 5.91 Å². The zero-order valence-corrected chi connectivity index (χ0v) is 15.2. The number of thiazole rings is 1. The SMILES string of the molecule is COC[C@](O)(CNC(=O)c1csc(-c2ccccc2)n1)c1ccccc1. The average molecular weight is 368 g/mol. The van der Waals surface area contributed by atoms with E-state index < -0.39 is 5.60 Å². The molecule has 1 atom stereocenters. The van der Waals surface area contributed by atoms with Crippen LogP contribution in [0, 0.1) is 0 Å². The Bertz CT molecular complexity index is 852. The second-order valence-corrected chi connectivity index (χ2v) is 6.78. The molecular formula is C20H20N2O3S. The van der Waals surface area contributed by atoms with Gasteiger partial charge in [-0.2, -0.15) is 0 Å². The van der Waals surface area contributed by atoms with Gasteiger partial charge < -0.3 is 15.2 Å². The van der Waals surface area contributed by atoms with Gasteiger partial charge in [0.15, 0.2) is 0 Å². The van der Waals surface area contributed by atoms with Crippen molar-refractivity contribution in [2.45, 2.75) is 5.60 Å². The van der Waals surface area contributed by atoms with Gasteiger partial charge in [-0.1, -0.05) is 60.7 Å². The van der Waals surface area contributed by atoms with Crippen LogP contribution in [0.15, 0.2) is 66.0 Å². The molecule has 2 N–H and O–H groups in total. The molecule has 1 heterocycles. The van der Waals surface area contributed by atoms with Gasteiger partial charge in [0.2, 0.25) is 0 Å². The quantitative estimate of drug-likeness (QED) is 0.672. The third kappa shape index (κ3) is 4.16. The Morgan fingerprint density at radius 1 is 1.15 bits per heavy atom. The number of ether oxygens (including phenoxy) is 1. The molecule has 3 rings (SSSR count). The summed E-state index contributed by atoms with van der Waals surface area (Å²) < 4.78 is 5.15. The molecule has 0 radical (unpaired) electrons. The van der Waals surface area contributed by atoms with Crippen LogP contribution in [0.25, 0.3) is 10.6 Å². The predicted octanol–water partition coefficient (Wildman–Crippen LogP) is 3.07. The summed E-state index contributed by atoms with van der Waals surface area (Å²) in [5.74, 6) is -0.325. The fraction of sp³-hybridized carbons (Fsp3) is 0.200. The summed E-state index contributed by atoms with van der Waals surface area (Å²) in [5, 5.41) is 16.2. The number of hydrogen-bond acceptors (Lipinski definition) is 5. The molecule has 1 aromatic heterocycles. The highest BCUT2D eigenvalue weighted by Gasteiger charge is 2.30. The molecule has 26 heavy (non-hydrogen) atoms. The number of carbonyl (C=O) groups is 1. The third-order valence-electron chi connectivity index (χ3n) is 3.99. The molecule has 0 bridgehead atoms. The van der Waals surface area contributed by atoms with Crippen molar-refractivity contribution >= 4 is 17.2 Å². The van der Waals surface area contributed by atoms with Crippen LogP contribution < -0.4 is 5.32 Å². The standard InChI is InChI=1S/C20H20N2O3S/c1-25-14-20(24,16-10-6-3-7-11-16)13-21-18(23)17-12-26-19(22-17)15-8-4-2-5-9-15/h2-12,24H,13-14H2,1H3,(H,21,23)/t20-/m1/s1. The van der Waals surface area contributed by atoms with Crippen LogP contribution in [0.1, 0.15) is 16.1 Å². The molecule has 3 aromatic rings. The van der Waals surface area contributed by atoms with E-state index in [0.717, 1.165) is 10.6 Å². The summed E-state index contributed by atoms with van der Waals surface area (Å²) in [4.78, 5) is 16.8. The Morgan fingerprint density at radius 3 is 2.46 bits per heavy atom. The zero-order valence-electron chi connectivity index (χ0n) is 14.4. The number of hydrogen-bond donors (Lipinski definition) is 2. The Kier molecular flexibility index (Phi) is 5.78. The summed E-state index contributed by atoms with van der Waals surface area (Å²) in [6.07, 6.45) is 0. The molecular weight excluding hydrogens is 348 g/mol. The fourth-order valence-electron chi connectivity index (χ4n) is 2.63. The number of rotatable bonds is 7. The third-order valence-corrected chi connectivity index (χ3v) is 4.88. The average Bonchev–Trinajstić information content (AvgIpc) is 3.18. The predicted molar refractivity (Wildman–Crippen MR) is 102 cm³/mol. The number of nitrogens with zero attached hydrogens (tertiary/aromatic N) is 1. The second kappa shape index (κ2) is 8.23. The highest BCUT2D eigenvalue weighted by atomic mass is 32.1. The van der Waals surface area contributed by atoms with Gasteiger partial charge in [-0.25, -0.2) is 4.98 Å². The van der Waals surface area contributed by atoms with Crippen LogP contribution in [0.3, 0.4) is 0 Å². The minimum absolute atomic E-state index is 0.0296. The largest absolute Gasteiger partial charge is 0.381 e. The number of amides is 1. The van der Waals surface area contributed by atoms with Crippen molar-refractivity contribution in [3.8, 4) is 10.6 Å². The molecule has 1 amide bonds. The smallest absolute Gasteiger partial charge is 0.270 e. The molecule has 0 aliphatic heterocycles. The van der Waals surface area contributed by atoms with Crippen LogP contribution in [0.5, 0.6) is 0 Å². The van der Waals surface area contributed by atoms with E-state index in [1.165, 1.54) is 18.4 Å². The van der Waals surface area contributed by atoms with Crippen LogP contribution in [0.4, 0.5) is 0 Å². The summed E-state index contributed by atoms with van der Waals surface area (Å²) in [6.45, 7) is 0.103. The molecule has 2 aromatic carbocycles. The van der Waals surface area contributed by atoms with Crippen molar-refractivity contribution in [3.05, 3.63) is 77.3 Å². The van der Waals surface area contributed by atoms with Gasteiger partial charge in [0.05, 0.1) is 13.2 Å². The number of methoxy groups -OCH3 is 1. The first-order chi connectivity index (χ1) is 12.6. The van der Waals surface area contributed by atoms with Crippen molar-refractivity contribution in [1.29, 1.82) is 0 Å². The Morgan fingerprint density at radius 2 is 1.81 bits per heavy atom. The van der Waals surface area contributed by atoms with Crippen molar-refractivity contribution in [2.75, 3.05) is 20.3 Å². The zero-order chi connectivity index (χ0) is 18.4. The number of aromatic nitrogens is 1. The Balaban J connectivity index is 1.70. The van der Waals surface area contributed by atoms with E-state index in [1.54, 1.807) is 5.38 Å². The minimum Gasteiger partial charge on any atom is -0.381 e. The van der Waals surface area contributed by atoms with Gasteiger partial charge in [-0.15, -0.1) is 11.3 Å². The van der Waals surface area contributed by atoms with E-state index in [0.29, 0.717) is 11.3 Å². The number of carbonyl (C=O) groups excluding carboxylic acids is 1. The van der Waals surface area contributed by atoms with E-state index >= 15 is 0 Å². The van der Waals surface area contributed by atoms with Crippen LogP contribution in [-0.2, 0) is 10.3 Å². The van der Waals surface area contributed by atoms with Gasteiger partial charge in [0.1, 0.15) is 16.3 Å². The Labute approximate surface area is 156 Å². The molecule has 0 fully saturated rings. The van der Waals surface area contributed by atoms with E-state index in [9.17, 15) is 9.90 Å². The lowest BCUT2D eigenvalue weighted by Gasteiger charge is -2.28.